The molecule has 2 unspecified atom stereocenters. The van der Waals surface area contributed by atoms with Gasteiger partial charge in [-0.1, -0.05) is 32.0 Å². The van der Waals surface area contributed by atoms with Crippen LogP contribution in [0.1, 0.15) is 51.1 Å². The molecule has 5 nitrogen and oxygen atoms in total. The summed E-state index contributed by atoms with van der Waals surface area (Å²) in [7, 11) is 0. The fourth-order valence-corrected chi connectivity index (χ4v) is 3.91. The largest absolute Gasteiger partial charge is 0.493 e. The van der Waals surface area contributed by atoms with E-state index in [9.17, 15) is 0 Å². The van der Waals surface area contributed by atoms with Crippen LogP contribution in [0.15, 0.2) is 29.3 Å². The predicted molar refractivity (Wildman–Crippen MR) is 118 cm³/mol. The molecular formula is C20H33IN4O. The van der Waals surface area contributed by atoms with Crippen LogP contribution in [0.5, 0.6) is 5.75 Å². The van der Waals surface area contributed by atoms with E-state index >= 15 is 0 Å². The van der Waals surface area contributed by atoms with E-state index in [2.05, 4.69) is 35.1 Å². The molecule has 2 aliphatic rings. The Balaban J connectivity index is 0.00000243. The van der Waals surface area contributed by atoms with Crippen molar-refractivity contribution in [2.45, 2.75) is 51.6 Å². The van der Waals surface area contributed by atoms with Crippen LogP contribution >= 0.6 is 24.0 Å². The molecule has 146 valence electrons. The Morgan fingerprint density at radius 1 is 1.31 bits per heavy atom. The van der Waals surface area contributed by atoms with Crippen LogP contribution in [0.25, 0.3) is 0 Å². The highest BCUT2D eigenvalue weighted by atomic mass is 127. The molecule has 1 aromatic rings. The van der Waals surface area contributed by atoms with Crippen molar-refractivity contribution in [1.29, 1.82) is 0 Å². The molecule has 0 bridgehead atoms. The van der Waals surface area contributed by atoms with E-state index in [4.69, 9.17) is 10.5 Å². The number of halogens is 1. The lowest BCUT2D eigenvalue weighted by molar-refractivity contribution is 0.218. The molecule has 3 rings (SSSR count). The number of nitrogens with zero attached hydrogens (tertiary/aromatic N) is 2. The Bertz CT molecular complexity index is 587. The second-order valence-corrected chi connectivity index (χ2v) is 7.62. The van der Waals surface area contributed by atoms with Crippen molar-refractivity contribution in [2.24, 2.45) is 16.6 Å². The topological polar surface area (TPSA) is 62.9 Å². The molecule has 0 radical (unpaired) electrons. The van der Waals surface area contributed by atoms with E-state index in [0.717, 1.165) is 18.7 Å². The first-order chi connectivity index (χ1) is 12.1. The maximum absolute atomic E-state index is 6.22. The SMILES string of the molecule is CC(C)CC(CN=C(N)NC1CCOc2ccccc21)N1CCCC1.I. The van der Waals surface area contributed by atoms with Crippen molar-refractivity contribution in [1.82, 2.24) is 10.2 Å². The van der Waals surface area contributed by atoms with Crippen LogP contribution in [0, 0.1) is 5.92 Å². The van der Waals surface area contributed by atoms with Gasteiger partial charge in [0.25, 0.3) is 0 Å². The second-order valence-electron chi connectivity index (χ2n) is 7.62. The van der Waals surface area contributed by atoms with E-state index in [-0.39, 0.29) is 30.0 Å². The van der Waals surface area contributed by atoms with Crippen molar-refractivity contribution in [3.05, 3.63) is 29.8 Å². The Kier molecular flexibility index (Phi) is 8.47. The smallest absolute Gasteiger partial charge is 0.189 e. The van der Waals surface area contributed by atoms with Crippen LogP contribution in [0.4, 0.5) is 0 Å². The molecule has 1 fully saturated rings. The van der Waals surface area contributed by atoms with Crippen LogP contribution in [-0.4, -0.2) is 43.1 Å². The standard InChI is InChI=1S/C20H32N4O.HI/c1-15(2)13-16(24-10-5-6-11-24)14-22-20(21)23-18-9-12-25-19-8-4-3-7-17(18)19;/h3-4,7-8,15-16,18H,5-6,9-14H2,1-2H3,(H3,21,22,23);1H. The Labute approximate surface area is 174 Å². The van der Waals surface area contributed by atoms with Crippen LogP contribution in [-0.2, 0) is 0 Å². The third-order valence-corrected chi connectivity index (χ3v) is 5.15. The number of hydrogen-bond acceptors (Lipinski definition) is 3. The molecule has 0 amide bonds. The molecule has 1 saturated heterocycles. The lowest BCUT2D eigenvalue weighted by Gasteiger charge is -2.29. The zero-order chi connectivity index (χ0) is 17.6. The molecule has 2 heterocycles. The molecule has 2 atom stereocenters. The summed E-state index contributed by atoms with van der Waals surface area (Å²) in [4.78, 5) is 7.27. The molecule has 2 aliphatic heterocycles. The maximum atomic E-state index is 6.22. The lowest BCUT2D eigenvalue weighted by Crippen LogP contribution is -2.40. The fourth-order valence-electron chi connectivity index (χ4n) is 3.91. The number of nitrogens with two attached hydrogens (primary N) is 1. The van der Waals surface area contributed by atoms with E-state index in [1.165, 1.54) is 37.9 Å². The minimum Gasteiger partial charge on any atom is -0.493 e. The molecule has 1 aromatic carbocycles. The number of ether oxygens (including phenoxy) is 1. The predicted octanol–water partition coefficient (Wildman–Crippen LogP) is 3.54. The fraction of sp³-hybridized carbons (Fsp3) is 0.650. The van der Waals surface area contributed by atoms with Crippen molar-refractivity contribution in [2.75, 3.05) is 26.2 Å². The minimum atomic E-state index is 0. The summed E-state index contributed by atoms with van der Waals surface area (Å²) in [6, 6.07) is 8.86. The number of guanidine groups is 1. The molecule has 0 aliphatic carbocycles. The number of likely N-dealkylation sites (tertiary alicyclic amines) is 1. The van der Waals surface area contributed by atoms with E-state index in [1.807, 2.05) is 18.2 Å². The average Bonchev–Trinajstić information content (AvgIpc) is 3.13. The number of fused-ring (bicyclic) bond motifs is 1. The molecule has 0 spiro atoms. The number of para-hydroxylation sites is 1. The highest BCUT2D eigenvalue weighted by Gasteiger charge is 2.24. The summed E-state index contributed by atoms with van der Waals surface area (Å²) in [5.74, 6) is 2.18. The van der Waals surface area contributed by atoms with Crippen LogP contribution < -0.4 is 15.8 Å². The quantitative estimate of drug-likeness (QED) is 0.378. The van der Waals surface area contributed by atoms with Gasteiger partial charge in [-0.05, 0) is 44.3 Å². The zero-order valence-corrected chi connectivity index (χ0v) is 18.3. The lowest BCUT2D eigenvalue weighted by atomic mass is 10.0. The van der Waals surface area contributed by atoms with E-state index in [0.29, 0.717) is 24.5 Å². The van der Waals surface area contributed by atoms with Gasteiger partial charge in [0.1, 0.15) is 5.75 Å². The molecule has 26 heavy (non-hydrogen) atoms. The average molecular weight is 472 g/mol. The number of rotatable bonds is 6. The minimum absolute atomic E-state index is 0. The number of nitrogens with one attached hydrogen (secondary N) is 1. The summed E-state index contributed by atoms with van der Waals surface area (Å²) in [6.45, 7) is 8.47. The van der Waals surface area contributed by atoms with Gasteiger partial charge in [0, 0.05) is 18.0 Å². The van der Waals surface area contributed by atoms with Gasteiger partial charge >= 0.3 is 0 Å². The first-order valence-corrected chi connectivity index (χ1v) is 9.65. The van der Waals surface area contributed by atoms with Gasteiger partial charge in [0.15, 0.2) is 5.96 Å². The van der Waals surface area contributed by atoms with Crippen LogP contribution in [0.3, 0.4) is 0 Å². The van der Waals surface area contributed by atoms with Gasteiger partial charge in [0.05, 0.1) is 19.2 Å². The second kappa shape index (κ2) is 10.3. The molecular weight excluding hydrogens is 439 g/mol. The molecule has 6 heteroatoms. The number of benzene rings is 1. The molecule has 0 aromatic heterocycles. The van der Waals surface area contributed by atoms with E-state index < -0.39 is 0 Å². The monoisotopic (exact) mass is 472 g/mol. The van der Waals surface area contributed by atoms with Gasteiger partial charge in [0.2, 0.25) is 0 Å². The van der Waals surface area contributed by atoms with Gasteiger partial charge in [-0.15, -0.1) is 24.0 Å². The first-order valence-electron chi connectivity index (χ1n) is 9.65. The third-order valence-electron chi connectivity index (χ3n) is 5.15. The third kappa shape index (κ3) is 5.74. The summed E-state index contributed by atoms with van der Waals surface area (Å²) in [6.07, 6.45) is 4.71. The summed E-state index contributed by atoms with van der Waals surface area (Å²) < 4.78 is 5.72. The maximum Gasteiger partial charge on any atom is 0.189 e. The zero-order valence-electron chi connectivity index (χ0n) is 16.0. The Morgan fingerprint density at radius 2 is 2.04 bits per heavy atom. The van der Waals surface area contributed by atoms with Crippen LogP contribution in [0.2, 0.25) is 0 Å². The normalized spacial score (nSPS) is 21.7. The van der Waals surface area contributed by atoms with Gasteiger partial charge < -0.3 is 15.8 Å². The van der Waals surface area contributed by atoms with E-state index in [1.54, 1.807) is 0 Å². The van der Waals surface area contributed by atoms with Crippen molar-refractivity contribution < 1.29 is 4.74 Å². The number of hydrogen-bond donors (Lipinski definition) is 2. The van der Waals surface area contributed by atoms with Gasteiger partial charge in [-0.3, -0.25) is 9.89 Å². The molecule has 3 N–H and O–H groups in total. The highest BCUT2D eigenvalue weighted by molar-refractivity contribution is 14.0. The van der Waals surface area contributed by atoms with Gasteiger partial charge in [-0.25, -0.2) is 0 Å². The summed E-state index contributed by atoms with van der Waals surface area (Å²) in [5, 5.41) is 3.40. The first kappa shape index (κ1) is 21.3. The van der Waals surface area contributed by atoms with Gasteiger partial charge in [-0.2, -0.15) is 0 Å². The Morgan fingerprint density at radius 3 is 2.77 bits per heavy atom. The van der Waals surface area contributed by atoms with Crippen molar-refractivity contribution in [3.8, 4) is 5.75 Å². The molecule has 0 saturated carbocycles. The summed E-state index contributed by atoms with van der Waals surface area (Å²) in [5.41, 5.74) is 7.39. The van der Waals surface area contributed by atoms with Crippen molar-refractivity contribution in [3.63, 3.8) is 0 Å². The number of aliphatic imine (C=N–C) groups is 1. The Hall–Kier alpha value is -1.02. The highest BCUT2D eigenvalue weighted by Crippen LogP contribution is 2.31. The van der Waals surface area contributed by atoms with Crippen molar-refractivity contribution >= 4 is 29.9 Å². The summed E-state index contributed by atoms with van der Waals surface area (Å²) >= 11 is 0.